The van der Waals surface area contributed by atoms with Gasteiger partial charge in [-0.2, -0.15) is 0 Å². The van der Waals surface area contributed by atoms with Gasteiger partial charge in [0.05, 0.1) is 12.3 Å². The van der Waals surface area contributed by atoms with Crippen LogP contribution in [-0.4, -0.2) is 86.4 Å². The molecule has 2 rings (SSSR count). The molecule has 2 atom stereocenters. The zero-order valence-corrected chi connectivity index (χ0v) is 13.6. The highest BCUT2D eigenvalue weighted by Crippen LogP contribution is 2.05. The molecule has 2 unspecified atom stereocenters. The van der Waals surface area contributed by atoms with Crippen LogP contribution >= 0.6 is 0 Å². The van der Waals surface area contributed by atoms with E-state index in [1.807, 2.05) is 0 Å². The number of hydrogen-bond acceptors (Lipinski definition) is 5. The maximum Gasteiger partial charge on any atom is 0.0568 e. The van der Waals surface area contributed by atoms with Crippen LogP contribution < -0.4 is 10.6 Å². The second-order valence-electron chi connectivity index (χ2n) is 6.34. The maximum atomic E-state index is 3.54. The third-order valence-electron chi connectivity index (χ3n) is 4.76. The van der Waals surface area contributed by atoms with Gasteiger partial charge in [0.25, 0.3) is 0 Å². The Kier molecular flexibility index (Phi) is 6.71. The summed E-state index contributed by atoms with van der Waals surface area (Å²) in [5, 5.41) is 7.07. The van der Waals surface area contributed by atoms with Crippen LogP contribution in [0.4, 0.5) is 0 Å². The fourth-order valence-corrected chi connectivity index (χ4v) is 3.15. The quantitative estimate of drug-likeness (QED) is 0.728. The topological polar surface area (TPSA) is 33.8 Å². The number of likely N-dealkylation sites (N-methyl/N-ethyl adjacent to an activating group) is 1. The first-order valence-corrected chi connectivity index (χ1v) is 8.30. The Balaban J connectivity index is 1.61. The van der Waals surface area contributed by atoms with E-state index >= 15 is 0 Å². The minimum atomic E-state index is 0.545. The Morgan fingerprint density at radius 1 is 0.900 bits per heavy atom. The van der Waals surface area contributed by atoms with E-state index < -0.39 is 0 Å². The average molecular weight is 283 g/mol. The monoisotopic (exact) mass is 283 g/mol. The van der Waals surface area contributed by atoms with Crippen molar-refractivity contribution in [2.75, 3.05) is 59.4 Å². The van der Waals surface area contributed by atoms with Gasteiger partial charge in [0.2, 0.25) is 0 Å². The molecule has 0 aliphatic carbocycles. The van der Waals surface area contributed by atoms with Gasteiger partial charge >= 0.3 is 0 Å². The Labute approximate surface area is 124 Å². The molecule has 0 aromatic rings. The molecule has 5 heteroatoms. The molecule has 0 saturated carbocycles. The average Bonchev–Trinajstić information content (AvgIpc) is 2.45. The minimum absolute atomic E-state index is 0.545. The standard InChI is InChI=1S/C15H33N5/c1-14-16-6-4-8-19(14)12-10-18(3)11-13-20-9-5-7-17-15(20)2/h14-17H,4-13H2,1-3H3. The lowest BCUT2D eigenvalue weighted by Crippen LogP contribution is -2.53. The Morgan fingerprint density at radius 2 is 1.35 bits per heavy atom. The van der Waals surface area contributed by atoms with Crippen molar-refractivity contribution in [3.05, 3.63) is 0 Å². The molecule has 2 N–H and O–H groups in total. The van der Waals surface area contributed by atoms with Crippen molar-refractivity contribution in [1.82, 2.24) is 25.3 Å². The summed E-state index contributed by atoms with van der Waals surface area (Å²) >= 11 is 0. The normalized spacial score (nSPS) is 30.0. The summed E-state index contributed by atoms with van der Waals surface area (Å²) in [7, 11) is 2.25. The number of nitrogens with one attached hydrogen (secondary N) is 2. The maximum absolute atomic E-state index is 3.54. The molecule has 0 radical (unpaired) electrons. The van der Waals surface area contributed by atoms with Crippen LogP contribution in [-0.2, 0) is 0 Å². The smallest absolute Gasteiger partial charge is 0.0568 e. The van der Waals surface area contributed by atoms with Crippen LogP contribution in [0.15, 0.2) is 0 Å². The van der Waals surface area contributed by atoms with Gasteiger partial charge in [-0.25, -0.2) is 0 Å². The molecule has 2 heterocycles. The summed E-state index contributed by atoms with van der Waals surface area (Å²) in [5.41, 5.74) is 0. The second kappa shape index (κ2) is 8.29. The zero-order chi connectivity index (χ0) is 14.4. The van der Waals surface area contributed by atoms with E-state index in [9.17, 15) is 0 Å². The molecule has 0 aromatic carbocycles. The number of rotatable bonds is 6. The molecule has 0 bridgehead atoms. The minimum Gasteiger partial charge on any atom is -0.304 e. The summed E-state index contributed by atoms with van der Waals surface area (Å²) in [6, 6.07) is 0. The van der Waals surface area contributed by atoms with Gasteiger partial charge < -0.3 is 15.5 Å². The van der Waals surface area contributed by atoms with E-state index in [1.165, 1.54) is 65.2 Å². The summed E-state index contributed by atoms with van der Waals surface area (Å²) in [6.07, 6.45) is 3.66. The molecule has 2 aliphatic heterocycles. The van der Waals surface area contributed by atoms with E-state index in [0.717, 1.165) is 0 Å². The highest BCUT2D eigenvalue weighted by atomic mass is 15.3. The highest BCUT2D eigenvalue weighted by molar-refractivity contribution is 4.74. The lowest BCUT2D eigenvalue weighted by molar-refractivity contribution is 0.109. The van der Waals surface area contributed by atoms with Crippen LogP contribution in [0.1, 0.15) is 26.7 Å². The first kappa shape index (κ1) is 16.2. The van der Waals surface area contributed by atoms with Crippen molar-refractivity contribution < 1.29 is 0 Å². The van der Waals surface area contributed by atoms with Crippen LogP contribution in [0, 0.1) is 0 Å². The van der Waals surface area contributed by atoms with Crippen LogP contribution in [0.3, 0.4) is 0 Å². The van der Waals surface area contributed by atoms with E-state index in [-0.39, 0.29) is 0 Å². The van der Waals surface area contributed by atoms with Gasteiger partial charge in [-0.1, -0.05) is 0 Å². The van der Waals surface area contributed by atoms with E-state index in [1.54, 1.807) is 0 Å². The predicted octanol–water partition coefficient (Wildman–Crippen LogP) is 0.201. The van der Waals surface area contributed by atoms with Crippen molar-refractivity contribution in [1.29, 1.82) is 0 Å². The molecule has 0 aromatic heterocycles. The van der Waals surface area contributed by atoms with Gasteiger partial charge in [0.1, 0.15) is 0 Å². The Hall–Kier alpha value is -0.200. The van der Waals surface area contributed by atoms with Crippen LogP contribution in [0.5, 0.6) is 0 Å². The van der Waals surface area contributed by atoms with E-state index in [4.69, 9.17) is 0 Å². The van der Waals surface area contributed by atoms with Crippen LogP contribution in [0.2, 0.25) is 0 Å². The molecule has 2 aliphatic rings. The van der Waals surface area contributed by atoms with Crippen molar-refractivity contribution in [2.24, 2.45) is 0 Å². The lowest BCUT2D eigenvalue weighted by Gasteiger charge is -2.37. The van der Waals surface area contributed by atoms with Crippen molar-refractivity contribution in [2.45, 2.75) is 39.0 Å². The summed E-state index contributed by atoms with van der Waals surface area (Å²) in [6.45, 7) is 14.1. The van der Waals surface area contributed by atoms with Gasteiger partial charge in [-0.05, 0) is 46.8 Å². The molecular weight excluding hydrogens is 250 g/mol. The van der Waals surface area contributed by atoms with Crippen molar-refractivity contribution >= 4 is 0 Å². The largest absolute Gasteiger partial charge is 0.304 e. The molecule has 0 amide bonds. The second-order valence-corrected chi connectivity index (χ2v) is 6.34. The lowest BCUT2D eigenvalue weighted by atomic mass is 10.2. The van der Waals surface area contributed by atoms with Crippen molar-refractivity contribution in [3.8, 4) is 0 Å². The first-order chi connectivity index (χ1) is 9.66. The summed E-state index contributed by atoms with van der Waals surface area (Å²) in [4.78, 5) is 7.60. The highest BCUT2D eigenvalue weighted by Gasteiger charge is 2.19. The van der Waals surface area contributed by atoms with Gasteiger partial charge in [-0.3, -0.25) is 9.80 Å². The molecular formula is C15H33N5. The van der Waals surface area contributed by atoms with Crippen molar-refractivity contribution in [3.63, 3.8) is 0 Å². The molecule has 118 valence electrons. The molecule has 5 nitrogen and oxygen atoms in total. The first-order valence-electron chi connectivity index (χ1n) is 8.30. The van der Waals surface area contributed by atoms with E-state index in [2.05, 4.69) is 46.2 Å². The van der Waals surface area contributed by atoms with E-state index in [0.29, 0.717) is 12.3 Å². The molecule has 2 saturated heterocycles. The number of nitrogens with zero attached hydrogens (tertiary/aromatic N) is 3. The van der Waals surface area contributed by atoms with Crippen LogP contribution in [0.25, 0.3) is 0 Å². The Bertz CT molecular complexity index is 247. The third-order valence-corrected chi connectivity index (χ3v) is 4.76. The fraction of sp³-hybridized carbons (Fsp3) is 1.00. The third kappa shape index (κ3) is 4.97. The van der Waals surface area contributed by atoms with Gasteiger partial charge in [0, 0.05) is 39.3 Å². The predicted molar refractivity (Wildman–Crippen MR) is 84.8 cm³/mol. The number of hydrogen-bond donors (Lipinski definition) is 2. The molecule has 20 heavy (non-hydrogen) atoms. The fourth-order valence-electron chi connectivity index (χ4n) is 3.15. The molecule has 0 spiro atoms. The summed E-state index contributed by atoms with van der Waals surface area (Å²) in [5.74, 6) is 0. The molecule has 2 fully saturated rings. The SMILES string of the molecule is CC1NCCCN1CCN(C)CCN1CCCNC1C. The van der Waals surface area contributed by atoms with Gasteiger partial charge in [0.15, 0.2) is 0 Å². The van der Waals surface area contributed by atoms with Gasteiger partial charge in [-0.15, -0.1) is 0 Å². The summed E-state index contributed by atoms with van der Waals surface area (Å²) < 4.78 is 0. The Morgan fingerprint density at radius 3 is 1.75 bits per heavy atom. The zero-order valence-electron chi connectivity index (χ0n) is 13.6.